The molecule has 1 aromatic rings. The highest BCUT2D eigenvalue weighted by atomic mass is 14.9. The lowest BCUT2D eigenvalue weighted by atomic mass is 10.1. The molecule has 0 fully saturated rings. The van der Waals surface area contributed by atoms with Gasteiger partial charge in [-0.05, 0) is 6.42 Å². The lowest BCUT2D eigenvalue weighted by Crippen LogP contribution is -2.22. The van der Waals surface area contributed by atoms with E-state index in [1.165, 1.54) is 0 Å². The van der Waals surface area contributed by atoms with Crippen molar-refractivity contribution >= 4 is 11.5 Å². The first kappa shape index (κ1) is 10.8. The van der Waals surface area contributed by atoms with E-state index in [4.69, 9.17) is 22.0 Å². The third-order valence-corrected chi connectivity index (χ3v) is 2.12. The molecule has 0 aliphatic heterocycles. The predicted octanol–water partition coefficient (Wildman–Crippen LogP) is 0.361. The molecule has 76 valence electrons. The van der Waals surface area contributed by atoms with Gasteiger partial charge in [0, 0.05) is 6.42 Å². The summed E-state index contributed by atoms with van der Waals surface area (Å²) in [5.41, 5.74) is 12.6. The first-order valence-corrected chi connectivity index (χ1v) is 4.59. The largest absolute Gasteiger partial charge is 0.396 e. The summed E-state index contributed by atoms with van der Waals surface area (Å²) < 4.78 is 0. The maximum absolute atomic E-state index is 8.94. The molecule has 0 spiro atoms. The summed E-state index contributed by atoms with van der Waals surface area (Å²) in [5.74, 6) is 0.220. The molecule has 5 heteroatoms. The average Bonchev–Trinajstić information content (AvgIpc) is 2.19. The first-order valence-electron chi connectivity index (χ1n) is 4.59. The Kier molecular flexibility index (Phi) is 3.10. The van der Waals surface area contributed by atoms with Crippen molar-refractivity contribution in [3.8, 4) is 12.1 Å². The van der Waals surface area contributed by atoms with Crippen molar-refractivity contribution in [3.63, 3.8) is 0 Å². The first-order chi connectivity index (χ1) is 7.15. The molecule has 0 aliphatic rings. The minimum atomic E-state index is 0.145. The van der Waals surface area contributed by atoms with Crippen LogP contribution < -0.4 is 16.5 Å². The summed E-state index contributed by atoms with van der Waals surface area (Å²) in [6.07, 6.45) is 1.55. The number of rotatable bonds is 2. The van der Waals surface area contributed by atoms with Crippen LogP contribution in [0.15, 0.2) is 0 Å². The molecule has 5 nitrogen and oxygen atoms in total. The van der Waals surface area contributed by atoms with Crippen molar-refractivity contribution in [2.24, 2.45) is 0 Å². The molecule has 0 saturated carbocycles. The van der Waals surface area contributed by atoms with Crippen LogP contribution in [0.4, 0.5) is 11.5 Å². The van der Waals surface area contributed by atoms with E-state index in [0.29, 0.717) is 17.7 Å². The molecule has 0 atom stereocenters. The number of H-pyrrole nitrogens is 1. The quantitative estimate of drug-likeness (QED) is 0.720. The second-order valence-corrected chi connectivity index (χ2v) is 3.15. The predicted molar refractivity (Wildman–Crippen MR) is 55.2 cm³/mol. The standard InChI is InChI=1S/C10H11N5/c1-2-3-8-6(4-11)9(13)7(5-12)10(14)15-8/h2-3H2,1H3,(H4,13,14,15)/p+1. The van der Waals surface area contributed by atoms with E-state index in [2.05, 4.69) is 4.98 Å². The number of aromatic amines is 1. The molecule has 0 unspecified atom stereocenters. The third kappa shape index (κ3) is 1.82. The number of nitrogens with zero attached hydrogens (tertiary/aromatic N) is 2. The van der Waals surface area contributed by atoms with Gasteiger partial charge in [0.1, 0.15) is 23.4 Å². The number of anilines is 2. The summed E-state index contributed by atoms with van der Waals surface area (Å²) in [6.45, 7) is 1.99. The van der Waals surface area contributed by atoms with Gasteiger partial charge in [-0.1, -0.05) is 6.92 Å². The molecule has 1 heterocycles. The van der Waals surface area contributed by atoms with Gasteiger partial charge in [-0.15, -0.1) is 0 Å². The molecular weight excluding hydrogens is 190 g/mol. The number of nitrogen functional groups attached to an aromatic ring is 2. The van der Waals surface area contributed by atoms with Crippen molar-refractivity contribution in [1.82, 2.24) is 0 Å². The van der Waals surface area contributed by atoms with Crippen LogP contribution in [0.2, 0.25) is 0 Å². The Hall–Kier alpha value is -2.27. The number of pyridine rings is 1. The van der Waals surface area contributed by atoms with Crippen LogP contribution in [0, 0.1) is 22.7 Å². The molecular formula is C10H12N5+. The smallest absolute Gasteiger partial charge is 0.290 e. The minimum absolute atomic E-state index is 0.145. The van der Waals surface area contributed by atoms with Crippen LogP contribution in [-0.2, 0) is 6.42 Å². The molecule has 0 radical (unpaired) electrons. The Balaban J connectivity index is 3.48. The van der Waals surface area contributed by atoms with Crippen molar-refractivity contribution < 1.29 is 4.98 Å². The van der Waals surface area contributed by atoms with Crippen LogP contribution in [-0.4, -0.2) is 0 Å². The van der Waals surface area contributed by atoms with E-state index in [0.717, 1.165) is 6.42 Å². The molecule has 0 amide bonds. The maximum atomic E-state index is 8.94. The van der Waals surface area contributed by atoms with E-state index < -0.39 is 0 Å². The summed E-state index contributed by atoms with van der Waals surface area (Å²) in [7, 11) is 0. The Morgan fingerprint density at radius 1 is 1.20 bits per heavy atom. The number of hydrogen-bond donors (Lipinski definition) is 2. The van der Waals surface area contributed by atoms with Crippen LogP contribution in [0.5, 0.6) is 0 Å². The molecule has 1 aromatic heterocycles. The van der Waals surface area contributed by atoms with Crippen LogP contribution in [0.1, 0.15) is 30.2 Å². The van der Waals surface area contributed by atoms with Crippen LogP contribution in [0.25, 0.3) is 0 Å². The SMILES string of the molecule is CCCc1[nH+]c(N)c(C#N)c(N)c1C#N. The van der Waals surface area contributed by atoms with E-state index in [-0.39, 0.29) is 17.1 Å². The number of hydrogen-bond acceptors (Lipinski definition) is 4. The number of nitrogens with one attached hydrogen (secondary N) is 1. The molecule has 5 N–H and O–H groups in total. The van der Waals surface area contributed by atoms with Gasteiger partial charge in [0.05, 0.1) is 5.69 Å². The number of aromatic nitrogens is 1. The molecule has 1 rings (SSSR count). The second-order valence-electron chi connectivity index (χ2n) is 3.15. The highest BCUT2D eigenvalue weighted by Gasteiger charge is 2.19. The van der Waals surface area contributed by atoms with Crippen molar-refractivity contribution in [1.29, 1.82) is 10.5 Å². The zero-order valence-electron chi connectivity index (χ0n) is 8.46. The summed E-state index contributed by atoms with van der Waals surface area (Å²) in [5, 5.41) is 17.7. The Morgan fingerprint density at radius 3 is 2.27 bits per heavy atom. The van der Waals surface area contributed by atoms with E-state index in [9.17, 15) is 0 Å². The van der Waals surface area contributed by atoms with Crippen molar-refractivity contribution in [2.45, 2.75) is 19.8 Å². The van der Waals surface area contributed by atoms with Gasteiger partial charge in [-0.3, -0.25) is 5.73 Å². The van der Waals surface area contributed by atoms with E-state index >= 15 is 0 Å². The number of aryl methyl sites for hydroxylation is 1. The topological polar surface area (TPSA) is 114 Å². The fourth-order valence-corrected chi connectivity index (χ4v) is 1.41. The summed E-state index contributed by atoms with van der Waals surface area (Å²) in [6, 6.07) is 3.86. The molecule has 0 bridgehead atoms. The third-order valence-electron chi connectivity index (χ3n) is 2.12. The van der Waals surface area contributed by atoms with Gasteiger partial charge in [0.15, 0.2) is 5.56 Å². The van der Waals surface area contributed by atoms with Gasteiger partial charge in [-0.2, -0.15) is 10.5 Å². The normalized spacial score (nSPS) is 9.27. The van der Waals surface area contributed by atoms with E-state index in [1.807, 2.05) is 19.1 Å². The molecule has 0 saturated heterocycles. The summed E-state index contributed by atoms with van der Waals surface area (Å²) >= 11 is 0. The molecule has 0 aromatic carbocycles. The number of nitrogens with two attached hydrogens (primary N) is 2. The maximum Gasteiger partial charge on any atom is 0.290 e. The Bertz CT molecular complexity index is 464. The van der Waals surface area contributed by atoms with Crippen molar-refractivity contribution in [2.75, 3.05) is 11.5 Å². The minimum Gasteiger partial charge on any atom is -0.396 e. The Morgan fingerprint density at radius 2 is 1.80 bits per heavy atom. The summed E-state index contributed by atoms with van der Waals surface area (Å²) in [4.78, 5) is 2.84. The monoisotopic (exact) mass is 202 g/mol. The Labute approximate surface area is 87.9 Å². The van der Waals surface area contributed by atoms with Crippen molar-refractivity contribution in [3.05, 3.63) is 16.8 Å². The van der Waals surface area contributed by atoms with Crippen LogP contribution >= 0.6 is 0 Å². The molecule has 15 heavy (non-hydrogen) atoms. The average molecular weight is 202 g/mol. The highest BCUT2D eigenvalue weighted by Crippen LogP contribution is 2.21. The second kappa shape index (κ2) is 4.30. The van der Waals surface area contributed by atoms with Gasteiger partial charge in [0.2, 0.25) is 0 Å². The van der Waals surface area contributed by atoms with E-state index in [1.54, 1.807) is 0 Å². The number of nitriles is 2. The van der Waals surface area contributed by atoms with Crippen LogP contribution in [0.3, 0.4) is 0 Å². The highest BCUT2D eigenvalue weighted by molar-refractivity contribution is 5.69. The zero-order chi connectivity index (χ0) is 11.4. The fraction of sp³-hybridized carbons (Fsp3) is 0.300. The fourth-order valence-electron chi connectivity index (χ4n) is 1.41. The molecule has 0 aliphatic carbocycles. The zero-order valence-corrected chi connectivity index (χ0v) is 8.46. The lowest BCUT2D eigenvalue weighted by Gasteiger charge is -2.04. The van der Waals surface area contributed by atoms with Gasteiger partial charge >= 0.3 is 0 Å². The van der Waals surface area contributed by atoms with Gasteiger partial charge in [0.25, 0.3) is 5.82 Å². The van der Waals surface area contributed by atoms with Gasteiger partial charge < -0.3 is 5.73 Å². The van der Waals surface area contributed by atoms with Gasteiger partial charge in [-0.25, -0.2) is 4.98 Å². The lowest BCUT2D eigenvalue weighted by molar-refractivity contribution is -0.373.